The Morgan fingerprint density at radius 3 is 2.12 bits per heavy atom. The van der Waals surface area contributed by atoms with Crippen LogP contribution in [-0.2, 0) is 6.54 Å². The molecule has 0 radical (unpaired) electrons. The standard InChI is InChI=1S/C13H23N3O/c1-12(2,3)14-9-10-7-8-11(16-15-10)17-13(4,5)6/h7-8,14H,9H2,1-6H3. The second-order valence-corrected chi connectivity index (χ2v) is 6.18. The Morgan fingerprint density at radius 1 is 1.06 bits per heavy atom. The normalized spacial score (nSPS) is 12.6. The smallest absolute Gasteiger partial charge is 0.233 e. The highest BCUT2D eigenvalue weighted by atomic mass is 16.5. The van der Waals surface area contributed by atoms with Crippen molar-refractivity contribution < 1.29 is 4.74 Å². The molecule has 0 saturated heterocycles. The largest absolute Gasteiger partial charge is 0.471 e. The van der Waals surface area contributed by atoms with Crippen LogP contribution in [-0.4, -0.2) is 21.3 Å². The minimum absolute atomic E-state index is 0.0856. The van der Waals surface area contributed by atoms with Gasteiger partial charge in [0.05, 0.1) is 5.69 Å². The highest BCUT2D eigenvalue weighted by Gasteiger charge is 2.13. The molecule has 0 unspecified atom stereocenters. The van der Waals surface area contributed by atoms with E-state index in [2.05, 4.69) is 36.3 Å². The van der Waals surface area contributed by atoms with Crippen LogP contribution in [0.3, 0.4) is 0 Å². The topological polar surface area (TPSA) is 47.0 Å². The van der Waals surface area contributed by atoms with Gasteiger partial charge in [-0.1, -0.05) is 0 Å². The zero-order chi connectivity index (χ0) is 13.1. The molecule has 0 aliphatic carbocycles. The molecule has 0 spiro atoms. The van der Waals surface area contributed by atoms with Gasteiger partial charge >= 0.3 is 0 Å². The van der Waals surface area contributed by atoms with Crippen LogP contribution in [0.4, 0.5) is 0 Å². The van der Waals surface area contributed by atoms with Gasteiger partial charge in [-0.2, -0.15) is 5.10 Å². The summed E-state index contributed by atoms with van der Waals surface area (Å²) in [6, 6.07) is 3.80. The van der Waals surface area contributed by atoms with Gasteiger partial charge in [0.1, 0.15) is 5.60 Å². The van der Waals surface area contributed by atoms with Gasteiger partial charge in [0, 0.05) is 18.2 Å². The lowest BCUT2D eigenvalue weighted by Gasteiger charge is -2.21. The fourth-order valence-electron chi connectivity index (χ4n) is 1.17. The van der Waals surface area contributed by atoms with Crippen LogP contribution in [0.15, 0.2) is 12.1 Å². The van der Waals surface area contributed by atoms with Gasteiger partial charge in [-0.25, -0.2) is 0 Å². The van der Waals surface area contributed by atoms with Gasteiger partial charge in [-0.15, -0.1) is 5.10 Å². The molecule has 0 aliphatic heterocycles. The Kier molecular flexibility index (Phi) is 4.09. The molecule has 1 N–H and O–H groups in total. The van der Waals surface area contributed by atoms with Crippen LogP contribution in [0, 0.1) is 0 Å². The highest BCUT2D eigenvalue weighted by Crippen LogP contribution is 2.14. The number of nitrogens with zero attached hydrogens (tertiary/aromatic N) is 2. The molecule has 0 saturated carbocycles. The number of rotatable bonds is 3. The minimum Gasteiger partial charge on any atom is -0.471 e. The number of nitrogens with one attached hydrogen (secondary N) is 1. The Balaban J connectivity index is 2.56. The van der Waals surface area contributed by atoms with E-state index >= 15 is 0 Å². The highest BCUT2D eigenvalue weighted by molar-refractivity contribution is 5.12. The molecule has 1 aromatic rings. The van der Waals surface area contributed by atoms with Gasteiger partial charge in [0.2, 0.25) is 5.88 Å². The van der Waals surface area contributed by atoms with E-state index < -0.39 is 0 Å². The van der Waals surface area contributed by atoms with Crippen LogP contribution in [0.5, 0.6) is 5.88 Å². The third-order valence-electron chi connectivity index (χ3n) is 1.91. The molecule has 0 bridgehead atoms. The fourth-order valence-corrected chi connectivity index (χ4v) is 1.17. The third kappa shape index (κ3) is 6.22. The van der Waals surface area contributed by atoms with E-state index in [1.54, 1.807) is 0 Å². The lowest BCUT2D eigenvalue weighted by atomic mass is 10.1. The van der Waals surface area contributed by atoms with Gasteiger partial charge in [-0.05, 0) is 47.6 Å². The maximum absolute atomic E-state index is 5.61. The number of ether oxygens (including phenoxy) is 1. The molecule has 96 valence electrons. The molecule has 1 rings (SSSR count). The maximum Gasteiger partial charge on any atom is 0.233 e. The Hall–Kier alpha value is -1.16. The van der Waals surface area contributed by atoms with E-state index in [1.807, 2.05) is 32.9 Å². The average Bonchev–Trinajstić information content (AvgIpc) is 2.13. The van der Waals surface area contributed by atoms with Crippen molar-refractivity contribution in [2.75, 3.05) is 0 Å². The Bertz CT molecular complexity index is 346. The van der Waals surface area contributed by atoms with E-state index in [-0.39, 0.29) is 11.1 Å². The first-order chi connectivity index (χ1) is 7.66. The second-order valence-electron chi connectivity index (χ2n) is 6.18. The molecular formula is C13H23N3O. The Labute approximate surface area is 104 Å². The quantitative estimate of drug-likeness (QED) is 0.877. The summed E-state index contributed by atoms with van der Waals surface area (Å²) in [5.41, 5.74) is 0.767. The summed E-state index contributed by atoms with van der Waals surface area (Å²) in [6.45, 7) is 13.1. The minimum atomic E-state index is -0.236. The predicted octanol–water partition coefficient (Wildman–Crippen LogP) is 2.54. The van der Waals surface area contributed by atoms with Crippen LogP contribution in [0.1, 0.15) is 47.2 Å². The molecule has 0 amide bonds. The van der Waals surface area contributed by atoms with E-state index in [1.165, 1.54) is 0 Å². The summed E-state index contributed by atoms with van der Waals surface area (Å²) in [5.74, 6) is 0.567. The molecule has 17 heavy (non-hydrogen) atoms. The monoisotopic (exact) mass is 237 g/mol. The molecule has 1 heterocycles. The first-order valence-electron chi connectivity index (χ1n) is 5.92. The van der Waals surface area contributed by atoms with Crippen molar-refractivity contribution in [1.82, 2.24) is 15.5 Å². The summed E-state index contributed by atoms with van der Waals surface area (Å²) in [5, 5.41) is 11.5. The van der Waals surface area contributed by atoms with Crippen molar-refractivity contribution in [3.05, 3.63) is 17.8 Å². The van der Waals surface area contributed by atoms with Crippen molar-refractivity contribution in [3.63, 3.8) is 0 Å². The zero-order valence-electron chi connectivity index (χ0n) is 11.7. The van der Waals surface area contributed by atoms with Crippen molar-refractivity contribution in [3.8, 4) is 5.88 Å². The zero-order valence-corrected chi connectivity index (χ0v) is 11.7. The summed E-state index contributed by atoms with van der Waals surface area (Å²) in [7, 11) is 0. The van der Waals surface area contributed by atoms with Crippen molar-refractivity contribution >= 4 is 0 Å². The molecule has 0 atom stereocenters. The summed E-state index contributed by atoms with van der Waals surface area (Å²) < 4.78 is 5.61. The molecule has 1 aromatic heterocycles. The average molecular weight is 237 g/mol. The lowest BCUT2D eigenvalue weighted by Crippen LogP contribution is -2.35. The summed E-state index contributed by atoms with van der Waals surface area (Å²) in [4.78, 5) is 0. The first-order valence-corrected chi connectivity index (χ1v) is 5.92. The third-order valence-corrected chi connectivity index (χ3v) is 1.91. The molecule has 4 nitrogen and oxygen atoms in total. The molecule has 0 aliphatic rings. The lowest BCUT2D eigenvalue weighted by molar-refractivity contribution is 0.122. The first kappa shape index (κ1) is 13.9. The van der Waals surface area contributed by atoms with Crippen molar-refractivity contribution in [2.24, 2.45) is 0 Å². The molecule has 4 heteroatoms. The van der Waals surface area contributed by atoms with Crippen LogP contribution in [0.25, 0.3) is 0 Å². The van der Waals surface area contributed by atoms with E-state index in [9.17, 15) is 0 Å². The van der Waals surface area contributed by atoms with E-state index in [4.69, 9.17) is 4.74 Å². The van der Waals surface area contributed by atoms with Gasteiger partial charge in [0.15, 0.2) is 0 Å². The Morgan fingerprint density at radius 2 is 1.71 bits per heavy atom. The maximum atomic E-state index is 5.61. The SMILES string of the molecule is CC(C)(C)NCc1ccc(OC(C)(C)C)nn1. The second kappa shape index (κ2) is 5.00. The van der Waals surface area contributed by atoms with E-state index in [0.717, 1.165) is 5.69 Å². The number of aromatic nitrogens is 2. The summed E-state index contributed by atoms with van der Waals surface area (Å²) in [6.07, 6.45) is 0. The van der Waals surface area contributed by atoms with Crippen molar-refractivity contribution in [1.29, 1.82) is 0 Å². The number of hydrogen-bond donors (Lipinski definition) is 1. The van der Waals surface area contributed by atoms with Crippen LogP contribution < -0.4 is 10.1 Å². The molecule has 0 aromatic carbocycles. The van der Waals surface area contributed by atoms with E-state index in [0.29, 0.717) is 12.4 Å². The van der Waals surface area contributed by atoms with Crippen LogP contribution in [0.2, 0.25) is 0 Å². The van der Waals surface area contributed by atoms with Gasteiger partial charge < -0.3 is 10.1 Å². The van der Waals surface area contributed by atoms with Crippen molar-refractivity contribution in [2.45, 2.75) is 59.2 Å². The van der Waals surface area contributed by atoms with Crippen LogP contribution >= 0.6 is 0 Å². The molecule has 0 fully saturated rings. The van der Waals surface area contributed by atoms with Gasteiger partial charge in [0.25, 0.3) is 0 Å². The molecular weight excluding hydrogens is 214 g/mol. The predicted molar refractivity (Wildman–Crippen MR) is 69.0 cm³/mol. The summed E-state index contributed by atoms with van der Waals surface area (Å²) >= 11 is 0. The van der Waals surface area contributed by atoms with Gasteiger partial charge in [-0.3, -0.25) is 0 Å². The fraction of sp³-hybridized carbons (Fsp3) is 0.692. The number of hydrogen-bond acceptors (Lipinski definition) is 4.